The number of carboxylic acid groups (broad SMARTS) is 1. The second-order valence-corrected chi connectivity index (χ2v) is 5.11. The second kappa shape index (κ2) is 5.43. The monoisotopic (exact) mass is 181 g/mol. The van der Waals surface area contributed by atoms with Crippen molar-refractivity contribution in [1.29, 1.82) is 0 Å². The molecule has 0 unspecified atom stereocenters. The number of aliphatic hydroxyl groups excluding tert-OH is 1. The molecule has 4 heteroatoms. The quantitative estimate of drug-likeness (QED) is 0.467. The first-order chi connectivity index (χ1) is 5.02. The first kappa shape index (κ1) is 10.8. The average Bonchev–Trinajstić information content (AvgIpc) is 1.82. The van der Waals surface area contributed by atoms with Gasteiger partial charge in [-0.15, -0.1) is 0 Å². The van der Waals surface area contributed by atoms with Gasteiger partial charge < -0.3 is 10.2 Å². The van der Waals surface area contributed by atoms with Gasteiger partial charge in [0.05, 0.1) is 25.0 Å². The van der Waals surface area contributed by atoms with E-state index in [1.807, 2.05) is 0 Å². The molecule has 2 N–H and O–H groups in total. The molecule has 0 radical (unpaired) electrons. The minimum Gasteiger partial charge on any atom is -0.481 e. The molecule has 0 spiro atoms. The highest BCUT2D eigenvalue weighted by Gasteiger charge is 2.12. The van der Waals surface area contributed by atoms with Crippen molar-refractivity contribution in [2.24, 2.45) is 0 Å². The van der Waals surface area contributed by atoms with Crippen LogP contribution in [0.15, 0.2) is 0 Å². The Morgan fingerprint density at radius 2 is 2.09 bits per heavy atom. The van der Waals surface area contributed by atoms with E-state index in [0.29, 0.717) is 17.3 Å². The van der Waals surface area contributed by atoms with Crippen LogP contribution in [0, 0.1) is 0 Å². The van der Waals surface area contributed by atoms with Gasteiger partial charge in [0, 0.05) is 6.42 Å². The normalized spacial score (nSPS) is 13.5. The smallest absolute Gasteiger partial charge is 0.305 e. The van der Waals surface area contributed by atoms with E-state index in [0.717, 1.165) is 5.75 Å². The number of carboxylic acids is 1. The van der Waals surface area contributed by atoms with Crippen LogP contribution in [0.2, 0.25) is 0 Å². The van der Waals surface area contributed by atoms with Crippen molar-refractivity contribution in [3.8, 4) is 0 Å². The van der Waals surface area contributed by atoms with Gasteiger partial charge in [-0.3, -0.25) is 4.79 Å². The van der Waals surface area contributed by atoms with Gasteiger partial charge in [0.2, 0.25) is 0 Å². The Hall–Kier alpha value is -0.220. The van der Waals surface area contributed by atoms with E-state index in [9.17, 15) is 4.79 Å². The molecule has 0 saturated heterocycles. The minimum atomic E-state index is -0.926. The number of hydrogen-bond donors (Lipinski definition) is 2. The molecule has 0 fully saturated rings. The van der Waals surface area contributed by atoms with Crippen molar-refractivity contribution in [2.75, 3.05) is 18.3 Å². The second-order valence-electron chi connectivity index (χ2n) is 2.73. The van der Waals surface area contributed by atoms with Gasteiger partial charge in [0.25, 0.3) is 0 Å². The highest BCUT2D eigenvalue weighted by molar-refractivity contribution is 7.95. The molecule has 0 aliphatic carbocycles. The maximum Gasteiger partial charge on any atom is 0.305 e. The molecule has 0 saturated carbocycles. The first-order valence-corrected chi connectivity index (χ1v) is 5.67. The predicted molar refractivity (Wildman–Crippen MR) is 47.0 cm³/mol. The van der Waals surface area contributed by atoms with E-state index in [4.69, 9.17) is 10.2 Å². The van der Waals surface area contributed by atoms with Gasteiger partial charge in [0.1, 0.15) is 5.75 Å². The van der Waals surface area contributed by atoms with Gasteiger partial charge in [0.15, 0.2) is 0 Å². The molecular formula is C7H15O3S+. The Kier molecular flexibility index (Phi) is 5.32. The van der Waals surface area contributed by atoms with Crippen LogP contribution in [0.5, 0.6) is 0 Å². The molecule has 0 aliphatic heterocycles. The molecule has 66 valence electrons. The van der Waals surface area contributed by atoms with Gasteiger partial charge in [-0.25, -0.2) is 0 Å². The summed E-state index contributed by atoms with van der Waals surface area (Å²) in [7, 11) is 0.296. The number of aliphatic hydroxyl groups is 1. The summed E-state index contributed by atoms with van der Waals surface area (Å²) in [5, 5.41) is 17.4. The summed E-state index contributed by atoms with van der Waals surface area (Å²) < 4.78 is 0. The molecule has 0 aromatic rings. The molecule has 0 aromatic carbocycles. The third kappa shape index (κ3) is 7.68. The third-order valence-corrected chi connectivity index (χ3v) is 2.32. The minimum absolute atomic E-state index is 0.128. The molecule has 0 amide bonds. The summed E-state index contributed by atoms with van der Waals surface area (Å²) >= 11 is 0. The van der Waals surface area contributed by atoms with Crippen LogP contribution in [-0.4, -0.2) is 40.6 Å². The Labute approximate surface area is 69.8 Å². The molecule has 0 aromatic heterocycles. The van der Waals surface area contributed by atoms with Gasteiger partial charge in [-0.2, -0.15) is 0 Å². The lowest BCUT2D eigenvalue weighted by Crippen LogP contribution is -2.17. The largest absolute Gasteiger partial charge is 0.481 e. The Morgan fingerprint density at radius 1 is 1.55 bits per heavy atom. The fourth-order valence-electron chi connectivity index (χ4n) is 0.675. The summed E-state index contributed by atoms with van der Waals surface area (Å²) in [6.07, 6.45) is 3.96. The van der Waals surface area contributed by atoms with Gasteiger partial charge in [-0.05, 0) is 10.9 Å². The lowest BCUT2D eigenvalue weighted by Gasteiger charge is -2.04. The van der Waals surface area contributed by atoms with E-state index in [1.54, 1.807) is 0 Å². The molecule has 0 bridgehead atoms. The van der Waals surface area contributed by atoms with Crippen molar-refractivity contribution < 1.29 is 15.0 Å². The van der Waals surface area contributed by atoms with Gasteiger partial charge >= 0.3 is 5.97 Å². The molecule has 3 nitrogen and oxygen atoms in total. The van der Waals surface area contributed by atoms with E-state index in [1.165, 1.54) is 0 Å². The van der Waals surface area contributed by atoms with Crippen LogP contribution in [0.25, 0.3) is 0 Å². The number of aliphatic carboxylic acids is 1. The summed E-state index contributed by atoms with van der Waals surface area (Å²) in [6.45, 7) is 0. The summed E-state index contributed by atoms with van der Waals surface area (Å²) in [4.78, 5) is 10.1. The van der Waals surface area contributed by atoms with Crippen LogP contribution in [0.4, 0.5) is 0 Å². The molecule has 0 heterocycles. The van der Waals surface area contributed by atoms with E-state index in [2.05, 4.69) is 12.5 Å². The van der Waals surface area contributed by atoms with Crippen LogP contribution < -0.4 is 0 Å². The zero-order chi connectivity index (χ0) is 8.85. The van der Waals surface area contributed by atoms with E-state index >= 15 is 0 Å². The highest BCUT2D eigenvalue weighted by Crippen LogP contribution is 2.00. The fraction of sp³-hybridized carbons (Fsp3) is 0.857. The molecular weight excluding hydrogens is 166 g/mol. The molecule has 0 rings (SSSR count). The molecule has 0 aliphatic rings. The topological polar surface area (TPSA) is 57.5 Å². The maximum atomic E-state index is 10.1. The van der Waals surface area contributed by atoms with Gasteiger partial charge in [-0.1, -0.05) is 0 Å². The molecule has 11 heavy (non-hydrogen) atoms. The highest BCUT2D eigenvalue weighted by atomic mass is 32.2. The van der Waals surface area contributed by atoms with Crippen molar-refractivity contribution in [2.45, 2.75) is 18.9 Å². The van der Waals surface area contributed by atoms with Crippen molar-refractivity contribution in [3.05, 3.63) is 0 Å². The van der Waals surface area contributed by atoms with Crippen molar-refractivity contribution in [3.63, 3.8) is 0 Å². The predicted octanol–water partition coefficient (Wildman–Crippen LogP) is 0.0900. The fourth-order valence-corrected chi connectivity index (χ4v) is 1.42. The lowest BCUT2D eigenvalue weighted by atomic mass is 10.2. The Morgan fingerprint density at radius 3 is 2.45 bits per heavy atom. The Balaban J connectivity index is 3.37. The van der Waals surface area contributed by atoms with Crippen LogP contribution in [0.3, 0.4) is 0 Å². The van der Waals surface area contributed by atoms with E-state index < -0.39 is 12.1 Å². The van der Waals surface area contributed by atoms with Crippen LogP contribution >= 0.6 is 0 Å². The summed E-state index contributed by atoms with van der Waals surface area (Å²) in [6, 6.07) is 0. The SMILES string of the molecule is [13CH3][S+]([13CH3])CC[C@@H](O)CC(=O)O. The number of hydrogen-bond acceptors (Lipinski definition) is 2. The third-order valence-electron chi connectivity index (χ3n) is 1.27. The van der Waals surface area contributed by atoms with Crippen molar-refractivity contribution >= 4 is 16.9 Å². The summed E-state index contributed by atoms with van der Waals surface area (Å²) in [5.74, 6) is -0.0151. The zero-order valence-electron chi connectivity index (χ0n) is 6.91. The Bertz CT molecular complexity index is 125. The lowest BCUT2D eigenvalue weighted by molar-refractivity contribution is -0.139. The van der Waals surface area contributed by atoms with Crippen molar-refractivity contribution in [1.82, 2.24) is 0 Å². The van der Waals surface area contributed by atoms with Crippen LogP contribution in [-0.2, 0) is 15.7 Å². The summed E-state index contributed by atoms with van der Waals surface area (Å²) in [5.41, 5.74) is 0. The van der Waals surface area contributed by atoms with E-state index in [-0.39, 0.29) is 6.42 Å². The number of rotatable bonds is 5. The average molecular weight is 181 g/mol. The molecule has 1 atom stereocenters. The zero-order valence-corrected chi connectivity index (χ0v) is 7.73. The maximum absolute atomic E-state index is 10.1. The first-order valence-electron chi connectivity index (χ1n) is 3.46. The van der Waals surface area contributed by atoms with Crippen LogP contribution in [0.1, 0.15) is 12.8 Å². The number of carbonyl (C=O) groups is 1. The standard InChI is InChI=1S/C7H14O3S/c1-11(2)4-3-6(8)5-7(9)10/h6,8H,3-5H2,1-2H3/p+1/t6-/m1/s1/i1+1,2+1.